The van der Waals surface area contributed by atoms with Gasteiger partial charge in [-0.05, 0) is 50.2 Å². The normalized spacial score (nSPS) is 17.4. The number of halogens is 2. The van der Waals surface area contributed by atoms with Gasteiger partial charge in [-0.15, -0.1) is 0 Å². The van der Waals surface area contributed by atoms with Gasteiger partial charge in [0.05, 0.1) is 13.2 Å². The molecule has 4 rings (SSSR count). The van der Waals surface area contributed by atoms with Gasteiger partial charge in [0.2, 0.25) is 11.3 Å². The zero-order valence-corrected chi connectivity index (χ0v) is 19.8. The van der Waals surface area contributed by atoms with Gasteiger partial charge in [0.1, 0.15) is 5.69 Å². The number of nitrogens with one attached hydrogen (secondary N) is 2. The van der Waals surface area contributed by atoms with E-state index in [0.717, 1.165) is 4.47 Å². The van der Waals surface area contributed by atoms with Crippen molar-refractivity contribution < 1.29 is 23.9 Å². The predicted molar refractivity (Wildman–Crippen MR) is 122 cm³/mol. The molecule has 7 nitrogen and oxygen atoms in total. The predicted octanol–water partition coefficient (Wildman–Crippen LogP) is 4.94. The van der Waals surface area contributed by atoms with E-state index in [1.807, 2.05) is 0 Å². The number of Topliss-reactive ketones (excluding diaryl/α,β-unsaturated/α-hetero) is 1. The molecule has 31 heavy (non-hydrogen) atoms. The molecular formula is C22H18Br2N2O5. The molecule has 1 aromatic heterocycles. The first-order valence-electron chi connectivity index (χ1n) is 9.62. The lowest BCUT2D eigenvalue weighted by atomic mass is 9.83. The highest BCUT2D eigenvalue weighted by atomic mass is 79.9. The van der Waals surface area contributed by atoms with Gasteiger partial charge in [0.15, 0.2) is 0 Å². The summed E-state index contributed by atoms with van der Waals surface area (Å²) in [5.74, 6) is -1.97. The Morgan fingerprint density at radius 1 is 1.00 bits per heavy atom. The second-order valence-electron chi connectivity index (χ2n) is 6.90. The minimum absolute atomic E-state index is 0.0238. The fourth-order valence-electron chi connectivity index (χ4n) is 3.85. The lowest BCUT2D eigenvalue weighted by molar-refractivity contribution is -0.146. The first kappa shape index (κ1) is 21.6. The summed E-state index contributed by atoms with van der Waals surface area (Å²) in [6.07, 6.45) is 0. The molecule has 0 radical (unpaired) electrons. The van der Waals surface area contributed by atoms with E-state index in [4.69, 9.17) is 9.47 Å². The third-order valence-electron chi connectivity index (χ3n) is 5.09. The number of hydrogen-bond donors (Lipinski definition) is 2. The quantitative estimate of drug-likeness (QED) is 0.346. The molecule has 2 heterocycles. The summed E-state index contributed by atoms with van der Waals surface area (Å²) < 4.78 is 12.0. The monoisotopic (exact) mass is 548 g/mol. The number of rotatable bonds is 5. The maximum absolute atomic E-state index is 13.8. The van der Waals surface area contributed by atoms with Crippen molar-refractivity contribution in [1.29, 1.82) is 0 Å². The summed E-state index contributed by atoms with van der Waals surface area (Å²) in [7, 11) is 0. The SMILES string of the molecule is CCOC(=O)c1[nH]c2ccc(Br)cc2c1[C@@]1(C(=O)OCC)Nc2ccc(Br)cc2C1=O. The molecule has 0 saturated heterocycles. The molecule has 0 amide bonds. The largest absolute Gasteiger partial charge is 0.464 e. The number of aromatic amines is 1. The van der Waals surface area contributed by atoms with Crippen LogP contribution in [0.2, 0.25) is 0 Å². The van der Waals surface area contributed by atoms with Gasteiger partial charge in [0, 0.05) is 36.7 Å². The maximum Gasteiger partial charge on any atom is 0.355 e. The van der Waals surface area contributed by atoms with Crippen molar-refractivity contribution in [2.45, 2.75) is 19.4 Å². The fourth-order valence-corrected chi connectivity index (χ4v) is 4.57. The van der Waals surface area contributed by atoms with Crippen LogP contribution in [0.4, 0.5) is 5.69 Å². The molecule has 1 atom stereocenters. The van der Waals surface area contributed by atoms with Crippen LogP contribution in [0.3, 0.4) is 0 Å². The standard InChI is InChI=1S/C22H18Br2N2O5/c1-3-30-20(28)18-17(13-9-11(23)5-7-15(13)25-18)22(21(29)31-4-2)19(27)14-10-12(24)6-8-16(14)26-22/h5-10,25-26H,3-4H2,1-2H3/t22-/m1/s1. The molecule has 1 aliphatic heterocycles. The number of ether oxygens (including phenoxy) is 2. The molecule has 2 N–H and O–H groups in total. The Morgan fingerprint density at radius 2 is 1.68 bits per heavy atom. The Kier molecular flexibility index (Phi) is 5.65. The molecule has 0 spiro atoms. The Balaban J connectivity index is 2.07. The first-order valence-corrected chi connectivity index (χ1v) is 11.2. The number of hydrogen-bond acceptors (Lipinski definition) is 6. The number of H-pyrrole nitrogens is 1. The molecule has 1 aliphatic rings. The summed E-state index contributed by atoms with van der Waals surface area (Å²) in [6, 6.07) is 10.4. The van der Waals surface area contributed by atoms with Crippen LogP contribution >= 0.6 is 31.9 Å². The first-order chi connectivity index (χ1) is 14.8. The fraction of sp³-hybridized carbons (Fsp3) is 0.227. The summed E-state index contributed by atoms with van der Waals surface area (Å²) in [4.78, 5) is 43.1. The Bertz CT molecular complexity index is 1240. The van der Waals surface area contributed by atoms with E-state index in [-0.39, 0.29) is 24.5 Å². The van der Waals surface area contributed by atoms with Crippen LogP contribution in [0, 0.1) is 0 Å². The lowest BCUT2D eigenvalue weighted by Crippen LogP contribution is -2.48. The highest BCUT2D eigenvalue weighted by Gasteiger charge is 2.57. The van der Waals surface area contributed by atoms with E-state index in [2.05, 4.69) is 42.2 Å². The second kappa shape index (κ2) is 8.12. The van der Waals surface area contributed by atoms with E-state index >= 15 is 0 Å². The Labute approximate surface area is 194 Å². The number of fused-ring (bicyclic) bond motifs is 2. The topological polar surface area (TPSA) is 97.5 Å². The number of esters is 2. The van der Waals surface area contributed by atoms with Crippen LogP contribution in [-0.4, -0.2) is 35.9 Å². The van der Waals surface area contributed by atoms with Crippen LogP contribution in [0.15, 0.2) is 45.3 Å². The number of benzene rings is 2. The Hall–Kier alpha value is -2.65. The van der Waals surface area contributed by atoms with Gasteiger partial charge >= 0.3 is 11.9 Å². The van der Waals surface area contributed by atoms with Gasteiger partial charge in [-0.2, -0.15) is 0 Å². The van der Waals surface area contributed by atoms with Crippen molar-refractivity contribution in [3.05, 3.63) is 62.2 Å². The lowest BCUT2D eigenvalue weighted by Gasteiger charge is -2.27. The summed E-state index contributed by atoms with van der Waals surface area (Å²) in [6.45, 7) is 3.55. The second-order valence-corrected chi connectivity index (χ2v) is 8.73. The number of aromatic nitrogens is 1. The van der Waals surface area contributed by atoms with Gasteiger partial charge in [0.25, 0.3) is 0 Å². The number of carbonyl (C=O) groups is 3. The number of ketones is 1. The summed E-state index contributed by atoms with van der Waals surface area (Å²) in [5.41, 5.74) is -0.368. The molecular weight excluding hydrogens is 532 g/mol. The van der Waals surface area contributed by atoms with Crippen LogP contribution in [-0.2, 0) is 19.8 Å². The smallest absolute Gasteiger partial charge is 0.355 e. The third-order valence-corrected chi connectivity index (χ3v) is 6.07. The van der Waals surface area contributed by atoms with Gasteiger partial charge < -0.3 is 19.8 Å². The molecule has 0 unspecified atom stereocenters. The molecule has 0 fully saturated rings. The van der Waals surface area contributed by atoms with Gasteiger partial charge in [-0.1, -0.05) is 31.9 Å². The number of carbonyl (C=O) groups excluding carboxylic acids is 3. The van der Waals surface area contributed by atoms with E-state index in [9.17, 15) is 14.4 Å². The van der Waals surface area contributed by atoms with Crippen molar-refractivity contribution in [2.75, 3.05) is 18.5 Å². The van der Waals surface area contributed by atoms with E-state index in [1.165, 1.54) is 0 Å². The molecule has 0 aliphatic carbocycles. The molecule has 2 aromatic carbocycles. The molecule has 9 heteroatoms. The third kappa shape index (κ3) is 3.36. The van der Waals surface area contributed by atoms with Crippen molar-refractivity contribution in [3.63, 3.8) is 0 Å². The van der Waals surface area contributed by atoms with E-state index < -0.39 is 23.3 Å². The average molecular weight is 550 g/mol. The minimum Gasteiger partial charge on any atom is -0.464 e. The summed E-state index contributed by atoms with van der Waals surface area (Å²) in [5, 5.41) is 3.60. The van der Waals surface area contributed by atoms with Crippen LogP contribution in [0.5, 0.6) is 0 Å². The Morgan fingerprint density at radius 3 is 2.39 bits per heavy atom. The van der Waals surface area contributed by atoms with Crippen molar-refractivity contribution in [3.8, 4) is 0 Å². The molecule has 0 bridgehead atoms. The van der Waals surface area contributed by atoms with Crippen molar-refractivity contribution in [2.24, 2.45) is 0 Å². The average Bonchev–Trinajstić information content (AvgIpc) is 3.24. The zero-order chi connectivity index (χ0) is 22.3. The van der Waals surface area contributed by atoms with Gasteiger partial charge in [-0.3, -0.25) is 4.79 Å². The van der Waals surface area contributed by atoms with E-state index in [1.54, 1.807) is 50.2 Å². The van der Waals surface area contributed by atoms with Gasteiger partial charge in [-0.25, -0.2) is 9.59 Å². The summed E-state index contributed by atoms with van der Waals surface area (Å²) >= 11 is 6.80. The van der Waals surface area contributed by atoms with Crippen molar-refractivity contribution in [1.82, 2.24) is 4.98 Å². The highest BCUT2D eigenvalue weighted by Crippen LogP contribution is 2.45. The van der Waals surface area contributed by atoms with E-state index in [0.29, 0.717) is 26.6 Å². The maximum atomic E-state index is 13.8. The number of anilines is 1. The molecule has 0 saturated carbocycles. The highest BCUT2D eigenvalue weighted by molar-refractivity contribution is 9.10. The van der Waals surface area contributed by atoms with Crippen LogP contribution in [0.25, 0.3) is 10.9 Å². The zero-order valence-electron chi connectivity index (χ0n) is 16.7. The minimum atomic E-state index is -1.94. The molecule has 160 valence electrons. The van der Waals surface area contributed by atoms with Crippen molar-refractivity contribution >= 4 is 66.2 Å². The van der Waals surface area contributed by atoms with Crippen LogP contribution < -0.4 is 5.32 Å². The van der Waals surface area contributed by atoms with Crippen LogP contribution in [0.1, 0.15) is 40.3 Å². The molecule has 3 aromatic rings.